The maximum absolute atomic E-state index is 12.2. The van der Waals surface area contributed by atoms with E-state index in [1.807, 2.05) is 35.2 Å². The fourth-order valence-electron chi connectivity index (χ4n) is 2.94. The summed E-state index contributed by atoms with van der Waals surface area (Å²) in [7, 11) is 0. The quantitative estimate of drug-likeness (QED) is 0.840. The second kappa shape index (κ2) is 8.42. The average Bonchev–Trinajstić information content (AvgIpc) is 3.19. The van der Waals surface area contributed by atoms with Crippen molar-refractivity contribution in [3.05, 3.63) is 64.1 Å². The molecular formula is C19H22N4O3. The number of likely N-dealkylation sites (tertiary alicyclic amines) is 1. The molecule has 7 nitrogen and oxygen atoms in total. The molecule has 0 spiro atoms. The Labute approximate surface area is 151 Å². The summed E-state index contributed by atoms with van der Waals surface area (Å²) < 4.78 is 1.26. The third-order valence-electron chi connectivity index (χ3n) is 4.36. The Morgan fingerprint density at radius 2 is 1.77 bits per heavy atom. The normalized spacial score (nSPS) is 13.6. The van der Waals surface area contributed by atoms with Crippen LogP contribution in [0.25, 0.3) is 0 Å². The van der Waals surface area contributed by atoms with Gasteiger partial charge in [0.1, 0.15) is 5.69 Å². The van der Waals surface area contributed by atoms with Gasteiger partial charge in [0, 0.05) is 32.1 Å². The monoisotopic (exact) mass is 354 g/mol. The summed E-state index contributed by atoms with van der Waals surface area (Å²) in [6, 6.07) is 12.2. The molecule has 1 N–H and O–H groups in total. The smallest absolute Gasteiger partial charge is 0.271 e. The van der Waals surface area contributed by atoms with Gasteiger partial charge in [0.2, 0.25) is 5.91 Å². The van der Waals surface area contributed by atoms with Gasteiger partial charge in [-0.1, -0.05) is 30.3 Å². The molecule has 1 fully saturated rings. The predicted octanol–water partition coefficient (Wildman–Crippen LogP) is 1.03. The van der Waals surface area contributed by atoms with Crippen molar-refractivity contribution in [3.63, 3.8) is 0 Å². The van der Waals surface area contributed by atoms with Crippen LogP contribution in [0.5, 0.6) is 0 Å². The summed E-state index contributed by atoms with van der Waals surface area (Å²) >= 11 is 0. The van der Waals surface area contributed by atoms with Crippen LogP contribution in [-0.2, 0) is 11.3 Å². The van der Waals surface area contributed by atoms with Crippen LogP contribution in [0.2, 0.25) is 0 Å². The highest BCUT2D eigenvalue weighted by atomic mass is 16.2. The molecule has 1 aromatic heterocycles. The molecule has 26 heavy (non-hydrogen) atoms. The number of carbonyl (C=O) groups excluding carboxylic acids is 2. The number of nitrogens with zero attached hydrogens (tertiary/aromatic N) is 3. The molecule has 1 aromatic carbocycles. The first-order valence-corrected chi connectivity index (χ1v) is 8.81. The number of nitrogens with one attached hydrogen (secondary N) is 1. The summed E-state index contributed by atoms with van der Waals surface area (Å²) in [5, 5.41) is 6.84. The van der Waals surface area contributed by atoms with Crippen molar-refractivity contribution in [3.8, 4) is 0 Å². The van der Waals surface area contributed by atoms with E-state index in [9.17, 15) is 14.4 Å². The second-order valence-electron chi connectivity index (χ2n) is 6.29. The van der Waals surface area contributed by atoms with Crippen LogP contribution >= 0.6 is 0 Å². The molecule has 0 saturated carbocycles. The first-order chi connectivity index (χ1) is 12.6. The summed E-state index contributed by atoms with van der Waals surface area (Å²) in [4.78, 5) is 38.0. The Morgan fingerprint density at radius 3 is 2.50 bits per heavy atom. The molecule has 2 amide bonds. The van der Waals surface area contributed by atoms with Gasteiger partial charge in [0.25, 0.3) is 11.5 Å². The maximum Gasteiger partial charge on any atom is 0.271 e. The van der Waals surface area contributed by atoms with Crippen molar-refractivity contribution in [2.24, 2.45) is 0 Å². The highest BCUT2D eigenvalue weighted by Gasteiger charge is 2.18. The number of carbonyl (C=O) groups is 2. The largest absolute Gasteiger partial charge is 0.350 e. The number of hydrogen-bond donors (Lipinski definition) is 1. The van der Waals surface area contributed by atoms with Crippen LogP contribution in [0.4, 0.5) is 0 Å². The van der Waals surface area contributed by atoms with Crippen molar-refractivity contribution in [1.82, 2.24) is 20.0 Å². The minimum atomic E-state index is -0.388. The van der Waals surface area contributed by atoms with Crippen molar-refractivity contribution in [2.75, 3.05) is 19.6 Å². The van der Waals surface area contributed by atoms with E-state index in [4.69, 9.17) is 0 Å². The number of amides is 2. The molecular weight excluding hydrogens is 332 g/mol. The lowest BCUT2D eigenvalue weighted by Gasteiger charge is -2.15. The van der Waals surface area contributed by atoms with Gasteiger partial charge in [0.15, 0.2) is 0 Å². The third-order valence-corrected chi connectivity index (χ3v) is 4.36. The summed E-state index contributed by atoms with van der Waals surface area (Å²) in [6.45, 7) is 2.17. The molecule has 0 unspecified atom stereocenters. The van der Waals surface area contributed by atoms with Crippen LogP contribution in [0.15, 0.2) is 47.3 Å². The van der Waals surface area contributed by atoms with Gasteiger partial charge in [-0.15, -0.1) is 0 Å². The minimum absolute atomic E-state index is 0.0600. The fraction of sp³-hybridized carbons (Fsp3) is 0.368. The van der Waals surface area contributed by atoms with Crippen LogP contribution in [0, 0.1) is 0 Å². The lowest BCUT2D eigenvalue weighted by atomic mass is 10.2. The van der Waals surface area contributed by atoms with Crippen LogP contribution in [-0.4, -0.2) is 46.1 Å². The highest BCUT2D eigenvalue weighted by molar-refractivity contribution is 5.92. The Balaban J connectivity index is 1.58. The van der Waals surface area contributed by atoms with Crippen molar-refractivity contribution in [2.45, 2.75) is 25.8 Å². The Hall–Kier alpha value is -2.96. The average molecular weight is 354 g/mol. The third kappa shape index (κ3) is 4.56. The van der Waals surface area contributed by atoms with Gasteiger partial charge in [-0.05, 0) is 24.5 Å². The van der Waals surface area contributed by atoms with Crippen LogP contribution < -0.4 is 10.9 Å². The van der Waals surface area contributed by atoms with E-state index in [1.54, 1.807) is 0 Å². The second-order valence-corrected chi connectivity index (χ2v) is 6.29. The van der Waals surface area contributed by atoms with Crippen LogP contribution in [0.3, 0.4) is 0 Å². The standard InChI is InChI=1S/C19H22N4O3/c24-17(22-12-4-5-13-22)10-11-20-19(26)16-8-9-18(25)23(21-16)14-15-6-2-1-3-7-15/h1-3,6-9H,4-5,10-14H2,(H,20,26). The van der Waals surface area contributed by atoms with E-state index in [0.29, 0.717) is 6.54 Å². The Bertz CT molecular complexity index is 826. The number of benzene rings is 1. The summed E-state index contributed by atoms with van der Waals surface area (Å²) in [5.41, 5.74) is 0.819. The minimum Gasteiger partial charge on any atom is -0.350 e. The molecule has 136 valence electrons. The Morgan fingerprint density at radius 1 is 1.04 bits per heavy atom. The molecule has 7 heteroatoms. The molecule has 2 aromatic rings. The number of hydrogen-bond acceptors (Lipinski definition) is 4. The van der Waals surface area contributed by atoms with Gasteiger partial charge in [-0.3, -0.25) is 14.4 Å². The van der Waals surface area contributed by atoms with Crippen molar-refractivity contribution >= 4 is 11.8 Å². The summed E-state index contributed by atoms with van der Waals surface area (Å²) in [6.07, 6.45) is 2.37. The van der Waals surface area contributed by atoms with E-state index >= 15 is 0 Å². The zero-order chi connectivity index (χ0) is 18.4. The van der Waals surface area contributed by atoms with Crippen LogP contribution in [0.1, 0.15) is 35.3 Å². The first-order valence-electron chi connectivity index (χ1n) is 8.81. The van der Waals surface area contributed by atoms with Gasteiger partial charge < -0.3 is 10.2 Å². The molecule has 1 aliphatic heterocycles. The molecule has 0 atom stereocenters. The number of aromatic nitrogens is 2. The van der Waals surface area contributed by atoms with Gasteiger partial charge >= 0.3 is 0 Å². The lowest BCUT2D eigenvalue weighted by Crippen LogP contribution is -2.34. The molecule has 0 aliphatic carbocycles. The number of rotatable bonds is 6. The Kier molecular flexibility index (Phi) is 5.78. The first kappa shape index (κ1) is 17.8. The maximum atomic E-state index is 12.2. The van der Waals surface area contributed by atoms with Gasteiger partial charge in [0.05, 0.1) is 6.54 Å². The summed E-state index contributed by atoms with van der Waals surface area (Å²) in [5.74, 6) is -0.328. The predicted molar refractivity (Wildman–Crippen MR) is 96.8 cm³/mol. The van der Waals surface area contributed by atoms with E-state index < -0.39 is 0 Å². The molecule has 0 radical (unpaired) electrons. The van der Waals surface area contributed by atoms with Crippen molar-refractivity contribution < 1.29 is 9.59 Å². The van der Waals surface area contributed by atoms with Crippen molar-refractivity contribution in [1.29, 1.82) is 0 Å². The van der Waals surface area contributed by atoms with E-state index in [2.05, 4.69) is 10.4 Å². The molecule has 3 rings (SSSR count). The molecule has 2 heterocycles. The van der Waals surface area contributed by atoms with E-state index in [0.717, 1.165) is 31.5 Å². The SMILES string of the molecule is O=C(NCCC(=O)N1CCCC1)c1ccc(=O)n(Cc2ccccc2)n1. The highest BCUT2D eigenvalue weighted by Crippen LogP contribution is 2.08. The molecule has 0 bridgehead atoms. The molecule has 1 saturated heterocycles. The molecule has 1 aliphatic rings. The van der Waals surface area contributed by atoms with Gasteiger partial charge in [-0.2, -0.15) is 5.10 Å². The van der Waals surface area contributed by atoms with Gasteiger partial charge in [-0.25, -0.2) is 4.68 Å². The topological polar surface area (TPSA) is 84.3 Å². The lowest BCUT2D eigenvalue weighted by molar-refractivity contribution is -0.129. The van der Waals surface area contributed by atoms with E-state index in [-0.39, 0.29) is 36.0 Å². The fourth-order valence-corrected chi connectivity index (χ4v) is 2.94. The van der Waals surface area contributed by atoms with E-state index in [1.165, 1.54) is 16.8 Å². The zero-order valence-electron chi connectivity index (χ0n) is 14.6. The zero-order valence-corrected chi connectivity index (χ0v) is 14.6.